The molecule has 4 rings (SSSR count). The number of fused-ring (bicyclic) bond motifs is 1. The number of Topliss-reactive ketones (excluding diaryl/α,β-unsaturated/α-hetero) is 1. The average molecular weight is 445 g/mol. The summed E-state index contributed by atoms with van der Waals surface area (Å²) in [7, 11) is 0. The molecular formula is C26H24N2O3S. The third-order valence-electron chi connectivity index (χ3n) is 5.61. The van der Waals surface area contributed by atoms with Gasteiger partial charge in [-0.1, -0.05) is 55.5 Å². The minimum Gasteiger partial charge on any atom is -0.326 e. The van der Waals surface area contributed by atoms with Crippen LogP contribution in [0.4, 0.5) is 11.4 Å². The zero-order valence-corrected chi connectivity index (χ0v) is 18.7. The number of amides is 2. The average Bonchev–Trinajstić information content (AvgIpc) is 2.79. The standard InChI is InChI=1S/C26H24N2O3S/c1-16(20-7-3-5-9-23(20)27-17(2)29)18-11-13-19(14-12-18)28-26(31)22-15-32-24-10-6-4-8-21(24)25(22)30/h3-14,16,22H,15H2,1-2H3,(H,27,29)(H,28,31). The molecule has 2 unspecified atom stereocenters. The molecule has 1 aliphatic rings. The summed E-state index contributed by atoms with van der Waals surface area (Å²) in [5.41, 5.74) is 4.13. The third kappa shape index (κ3) is 4.60. The van der Waals surface area contributed by atoms with E-state index >= 15 is 0 Å². The number of ketones is 1. The number of hydrogen-bond acceptors (Lipinski definition) is 4. The third-order valence-corrected chi connectivity index (χ3v) is 6.77. The van der Waals surface area contributed by atoms with Crippen molar-refractivity contribution in [2.24, 2.45) is 5.92 Å². The first-order valence-corrected chi connectivity index (χ1v) is 11.5. The van der Waals surface area contributed by atoms with Gasteiger partial charge in [0.1, 0.15) is 5.92 Å². The summed E-state index contributed by atoms with van der Waals surface area (Å²) >= 11 is 1.54. The number of carbonyl (C=O) groups is 3. The van der Waals surface area contributed by atoms with Gasteiger partial charge in [-0.2, -0.15) is 0 Å². The van der Waals surface area contributed by atoms with Gasteiger partial charge in [-0.3, -0.25) is 14.4 Å². The molecule has 1 heterocycles. The maximum absolute atomic E-state index is 12.8. The fourth-order valence-electron chi connectivity index (χ4n) is 3.87. The number of hydrogen-bond donors (Lipinski definition) is 2. The van der Waals surface area contributed by atoms with E-state index in [0.717, 1.165) is 21.7 Å². The molecule has 1 aliphatic heterocycles. The van der Waals surface area contributed by atoms with E-state index in [1.807, 2.05) is 66.7 Å². The summed E-state index contributed by atoms with van der Waals surface area (Å²) in [5.74, 6) is -0.726. The Hall–Kier alpha value is -3.38. The van der Waals surface area contributed by atoms with Crippen molar-refractivity contribution in [3.8, 4) is 0 Å². The van der Waals surface area contributed by atoms with Crippen LogP contribution in [0.1, 0.15) is 41.3 Å². The van der Waals surface area contributed by atoms with Crippen molar-refractivity contribution in [2.45, 2.75) is 24.7 Å². The van der Waals surface area contributed by atoms with Crippen molar-refractivity contribution in [3.05, 3.63) is 89.5 Å². The molecule has 2 atom stereocenters. The van der Waals surface area contributed by atoms with E-state index in [1.54, 1.807) is 6.07 Å². The van der Waals surface area contributed by atoms with Crippen LogP contribution in [0.15, 0.2) is 77.7 Å². The van der Waals surface area contributed by atoms with E-state index in [1.165, 1.54) is 18.7 Å². The predicted molar refractivity (Wildman–Crippen MR) is 128 cm³/mol. The van der Waals surface area contributed by atoms with Crippen molar-refractivity contribution < 1.29 is 14.4 Å². The summed E-state index contributed by atoms with van der Waals surface area (Å²) in [6.45, 7) is 3.57. The minimum absolute atomic E-state index is 0.0515. The molecule has 6 heteroatoms. The lowest BCUT2D eigenvalue weighted by Crippen LogP contribution is -2.34. The van der Waals surface area contributed by atoms with Gasteiger partial charge in [0.05, 0.1) is 0 Å². The minimum atomic E-state index is -0.696. The normalized spacial score (nSPS) is 16.1. The number of rotatable bonds is 5. The largest absolute Gasteiger partial charge is 0.326 e. The first-order valence-electron chi connectivity index (χ1n) is 10.5. The Morgan fingerprint density at radius 2 is 1.62 bits per heavy atom. The van der Waals surface area contributed by atoms with Gasteiger partial charge in [-0.05, 0) is 35.4 Å². The predicted octanol–water partition coefficient (Wildman–Crippen LogP) is 5.34. The van der Waals surface area contributed by atoms with Crippen molar-refractivity contribution in [3.63, 3.8) is 0 Å². The monoisotopic (exact) mass is 444 g/mol. The van der Waals surface area contributed by atoms with Crippen molar-refractivity contribution in [1.82, 2.24) is 0 Å². The van der Waals surface area contributed by atoms with Gasteiger partial charge in [0.2, 0.25) is 11.8 Å². The molecule has 0 saturated carbocycles. The second-order valence-electron chi connectivity index (χ2n) is 7.83. The molecule has 0 aliphatic carbocycles. The molecular weight excluding hydrogens is 420 g/mol. The van der Waals surface area contributed by atoms with Gasteiger partial charge in [-0.15, -0.1) is 11.8 Å². The van der Waals surface area contributed by atoms with E-state index in [-0.39, 0.29) is 23.5 Å². The van der Waals surface area contributed by atoms with Crippen LogP contribution in [0, 0.1) is 5.92 Å². The second-order valence-corrected chi connectivity index (χ2v) is 8.89. The first-order chi connectivity index (χ1) is 15.4. The lowest BCUT2D eigenvalue weighted by molar-refractivity contribution is -0.118. The smallest absolute Gasteiger partial charge is 0.236 e. The van der Waals surface area contributed by atoms with Crippen LogP contribution >= 0.6 is 11.8 Å². The Labute approximate surface area is 191 Å². The van der Waals surface area contributed by atoms with Gasteiger partial charge in [0, 0.05) is 40.4 Å². The Balaban J connectivity index is 1.46. The number of anilines is 2. The highest BCUT2D eigenvalue weighted by molar-refractivity contribution is 7.99. The zero-order chi connectivity index (χ0) is 22.7. The van der Waals surface area contributed by atoms with Crippen molar-refractivity contribution in [2.75, 3.05) is 16.4 Å². The molecule has 32 heavy (non-hydrogen) atoms. The van der Waals surface area contributed by atoms with Gasteiger partial charge >= 0.3 is 0 Å². The maximum Gasteiger partial charge on any atom is 0.236 e. The summed E-state index contributed by atoms with van der Waals surface area (Å²) in [6, 6.07) is 22.7. The number of thioether (sulfide) groups is 1. The molecule has 2 amide bonds. The fourth-order valence-corrected chi connectivity index (χ4v) is 5.02. The highest BCUT2D eigenvalue weighted by Gasteiger charge is 2.33. The quantitative estimate of drug-likeness (QED) is 0.521. The molecule has 162 valence electrons. The van der Waals surface area contributed by atoms with Gasteiger partial charge in [0.15, 0.2) is 5.78 Å². The lowest BCUT2D eigenvalue weighted by Gasteiger charge is -2.22. The number of benzene rings is 3. The number of nitrogens with one attached hydrogen (secondary N) is 2. The van der Waals surface area contributed by atoms with E-state index in [9.17, 15) is 14.4 Å². The van der Waals surface area contributed by atoms with Gasteiger partial charge in [0.25, 0.3) is 0 Å². The van der Waals surface area contributed by atoms with Gasteiger partial charge < -0.3 is 10.6 Å². The fraction of sp³-hybridized carbons (Fsp3) is 0.192. The molecule has 0 fully saturated rings. The summed E-state index contributed by atoms with van der Waals surface area (Å²) in [5, 5.41) is 5.77. The molecule has 0 spiro atoms. The SMILES string of the molecule is CC(=O)Nc1ccccc1C(C)c1ccc(NC(=O)C2CSc3ccccc3C2=O)cc1. The van der Waals surface area contributed by atoms with Crippen LogP contribution in [-0.4, -0.2) is 23.4 Å². The van der Waals surface area contributed by atoms with E-state index in [0.29, 0.717) is 17.0 Å². The highest BCUT2D eigenvalue weighted by atomic mass is 32.2. The van der Waals surface area contributed by atoms with Crippen LogP contribution in [-0.2, 0) is 9.59 Å². The Morgan fingerprint density at radius 1 is 0.938 bits per heavy atom. The Bertz CT molecular complexity index is 1170. The van der Waals surface area contributed by atoms with E-state index in [2.05, 4.69) is 17.6 Å². The highest BCUT2D eigenvalue weighted by Crippen LogP contribution is 2.34. The van der Waals surface area contributed by atoms with Crippen LogP contribution in [0.25, 0.3) is 0 Å². The first kappa shape index (κ1) is 21.8. The van der Waals surface area contributed by atoms with Crippen LogP contribution in [0.3, 0.4) is 0 Å². The Kier molecular flexibility index (Phi) is 6.42. The molecule has 3 aromatic rings. The summed E-state index contributed by atoms with van der Waals surface area (Å²) in [6.07, 6.45) is 0. The van der Waals surface area contributed by atoms with Crippen molar-refractivity contribution >= 4 is 40.7 Å². The second kappa shape index (κ2) is 9.40. The number of carbonyl (C=O) groups excluding carboxylic acids is 3. The maximum atomic E-state index is 12.8. The molecule has 3 aromatic carbocycles. The van der Waals surface area contributed by atoms with E-state index < -0.39 is 5.92 Å². The molecule has 2 N–H and O–H groups in total. The van der Waals surface area contributed by atoms with Crippen LogP contribution < -0.4 is 10.6 Å². The summed E-state index contributed by atoms with van der Waals surface area (Å²) < 4.78 is 0. The molecule has 0 saturated heterocycles. The summed E-state index contributed by atoms with van der Waals surface area (Å²) in [4.78, 5) is 38.0. The Morgan fingerprint density at radius 3 is 2.38 bits per heavy atom. The number of para-hydroxylation sites is 1. The lowest BCUT2D eigenvalue weighted by atomic mass is 9.91. The molecule has 0 bridgehead atoms. The zero-order valence-electron chi connectivity index (χ0n) is 17.9. The molecule has 0 radical (unpaired) electrons. The van der Waals surface area contributed by atoms with Gasteiger partial charge in [-0.25, -0.2) is 0 Å². The van der Waals surface area contributed by atoms with Crippen LogP contribution in [0.2, 0.25) is 0 Å². The van der Waals surface area contributed by atoms with Crippen LogP contribution in [0.5, 0.6) is 0 Å². The molecule has 5 nitrogen and oxygen atoms in total. The van der Waals surface area contributed by atoms with E-state index in [4.69, 9.17) is 0 Å². The molecule has 0 aromatic heterocycles. The van der Waals surface area contributed by atoms with Crippen molar-refractivity contribution in [1.29, 1.82) is 0 Å². The topological polar surface area (TPSA) is 75.3 Å².